The van der Waals surface area contributed by atoms with Crippen LogP contribution in [0.5, 0.6) is 11.5 Å². The quantitative estimate of drug-likeness (QED) is 0.0267. The van der Waals surface area contributed by atoms with E-state index in [2.05, 4.69) is 192 Å². The largest absolute Gasteiger partial charge is 0.494 e. The van der Waals surface area contributed by atoms with Crippen molar-refractivity contribution < 1.29 is 9.47 Å². The Balaban J connectivity index is 1.18. The molecule has 0 saturated carbocycles. The van der Waals surface area contributed by atoms with E-state index in [9.17, 15) is 10.5 Å². The maximum atomic E-state index is 9.55. The van der Waals surface area contributed by atoms with Crippen LogP contribution in [-0.2, 0) is 0 Å². The van der Waals surface area contributed by atoms with Gasteiger partial charge in [-0.1, -0.05) is 149 Å². The molecule has 0 aliphatic heterocycles. The van der Waals surface area contributed by atoms with Gasteiger partial charge in [-0.05, 0) is 138 Å². The highest BCUT2D eigenvalue weighted by molar-refractivity contribution is 9.09. The number of ether oxygens (including phenoxy) is 2. The second-order valence-corrected chi connectivity index (χ2v) is 19.7. The van der Waals surface area contributed by atoms with Crippen molar-refractivity contribution in [2.75, 3.05) is 24.7 Å². The zero-order valence-electron chi connectivity index (χ0n) is 35.7. The molecule has 6 heteroatoms. The summed E-state index contributed by atoms with van der Waals surface area (Å²) in [6.07, 6.45) is 5.05. The average molecular weight is 907 g/mol. The normalized spacial score (nSPS) is 11.4. The van der Waals surface area contributed by atoms with Crippen LogP contribution in [0.3, 0.4) is 0 Å². The molecule has 4 nitrogen and oxygen atoms in total. The Morgan fingerprint density at radius 3 is 1.19 bits per heavy atom. The fourth-order valence-corrected chi connectivity index (χ4v) is 12.9. The van der Waals surface area contributed by atoms with E-state index in [-0.39, 0.29) is 5.57 Å². The molecular weight excluding hydrogens is 856 g/mol. The second kappa shape index (κ2) is 22.6. The molecule has 0 unspecified atom stereocenters. The fourth-order valence-electron chi connectivity index (χ4n) is 8.08. The molecule has 7 aromatic rings. The van der Waals surface area contributed by atoms with Crippen LogP contribution in [0, 0.1) is 22.7 Å². The summed E-state index contributed by atoms with van der Waals surface area (Å²) in [5, 5.41) is 24.3. The van der Waals surface area contributed by atoms with Crippen molar-refractivity contribution in [1.82, 2.24) is 0 Å². The van der Waals surface area contributed by atoms with E-state index in [1.807, 2.05) is 37.3 Å². The third-order valence-electron chi connectivity index (χ3n) is 11.3. The third-order valence-corrected chi connectivity index (χ3v) is 16.4. The zero-order chi connectivity index (χ0) is 43.7. The predicted octanol–water partition coefficient (Wildman–Crippen LogP) is 13.2. The molecule has 0 aromatic heterocycles. The number of benzene rings is 7. The highest BCUT2D eigenvalue weighted by Gasteiger charge is 2.44. The molecule has 0 bridgehead atoms. The number of hydrogen-bond acceptors (Lipinski definition) is 4. The van der Waals surface area contributed by atoms with Crippen LogP contribution in [0.1, 0.15) is 60.4 Å². The molecular formula is C57H51BrN2O2P+. The highest BCUT2D eigenvalue weighted by Crippen LogP contribution is 2.56. The molecule has 0 saturated heterocycles. The summed E-state index contributed by atoms with van der Waals surface area (Å²) in [5.41, 5.74) is 7.91. The molecule has 0 aliphatic rings. The lowest BCUT2D eigenvalue weighted by Crippen LogP contribution is -2.33. The van der Waals surface area contributed by atoms with Crippen LogP contribution in [0.25, 0.3) is 16.7 Å². The molecule has 0 spiro atoms. The van der Waals surface area contributed by atoms with Crippen molar-refractivity contribution in [3.05, 3.63) is 228 Å². The minimum atomic E-state index is -1.90. The Bertz CT molecular complexity index is 2560. The van der Waals surface area contributed by atoms with Crippen LogP contribution >= 0.6 is 23.2 Å². The molecule has 63 heavy (non-hydrogen) atoms. The number of alkyl halides is 1. The Labute approximate surface area is 382 Å². The first-order chi connectivity index (χ1) is 31.0. The molecule has 7 aromatic carbocycles. The van der Waals surface area contributed by atoms with Gasteiger partial charge in [-0.15, -0.1) is 0 Å². The number of nitriles is 2. The van der Waals surface area contributed by atoms with Gasteiger partial charge in [-0.25, -0.2) is 0 Å². The van der Waals surface area contributed by atoms with Crippen molar-refractivity contribution in [2.24, 2.45) is 0 Å². The van der Waals surface area contributed by atoms with E-state index in [1.165, 1.54) is 15.9 Å². The van der Waals surface area contributed by atoms with E-state index in [4.69, 9.17) is 9.47 Å². The smallest absolute Gasteiger partial charge is 0.133 e. The van der Waals surface area contributed by atoms with Gasteiger partial charge >= 0.3 is 0 Å². The minimum absolute atomic E-state index is 0.111. The van der Waals surface area contributed by atoms with Gasteiger partial charge in [0, 0.05) is 5.33 Å². The molecule has 0 atom stereocenters. The first-order valence-electron chi connectivity index (χ1n) is 21.5. The van der Waals surface area contributed by atoms with Gasteiger partial charge in [-0.2, -0.15) is 10.5 Å². The summed E-state index contributed by atoms with van der Waals surface area (Å²) < 4.78 is 12.6. The van der Waals surface area contributed by atoms with Crippen LogP contribution in [0.15, 0.2) is 200 Å². The number of nitrogens with zero attached hydrogens (tertiary/aromatic N) is 2. The number of halogens is 1. The molecule has 7 rings (SSSR count). The zero-order valence-corrected chi connectivity index (χ0v) is 38.1. The van der Waals surface area contributed by atoms with E-state index in [0.29, 0.717) is 18.8 Å². The molecule has 0 heterocycles. The lowest BCUT2D eigenvalue weighted by molar-refractivity contribution is 0.309. The van der Waals surface area contributed by atoms with E-state index >= 15 is 0 Å². The van der Waals surface area contributed by atoms with Gasteiger partial charge in [0.05, 0.1) is 19.4 Å². The predicted molar refractivity (Wildman–Crippen MR) is 268 cm³/mol. The maximum absolute atomic E-state index is 9.55. The summed E-state index contributed by atoms with van der Waals surface area (Å²) in [6.45, 7) is 3.10. The topological polar surface area (TPSA) is 66.0 Å². The highest BCUT2D eigenvalue weighted by atomic mass is 79.9. The van der Waals surface area contributed by atoms with Crippen molar-refractivity contribution >= 4 is 55.8 Å². The summed E-state index contributed by atoms with van der Waals surface area (Å²) >= 11 is 3.51. The Hall–Kier alpha value is -6.49. The first-order valence-corrected chi connectivity index (χ1v) is 24.6. The molecule has 0 radical (unpaired) electrons. The molecule has 0 aliphatic carbocycles. The van der Waals surface area contributed by atoms with E-state index < -0.39 is 7.26 Å². The van der Waals surface area contributed by atoms with Gasteiger partial charge in [0.1, 0.15) is 52.4 Å². The van der Waals surface area contributed by atoms with Crippen LogP contribution < -0.4 is 25.4 Å². The van der Waals surface area contributed by atoms with Crippen LogP contribution in [0.2, 0.25) is 0 Å². The maximum Gasteiger partial charge on any atom is 0.133 e. The van der Waals surface area contributed by atoms with Crippen molar-refractivity contribution in [3.63, 3.8) is 0 Å². The lowest BCUT2D eigenvalue weighted by Gasteiger charge is -2.27. The number of allylic oxidation sites excluding steroid dienone is 2. The van der Waals surface area contributed by atoms with Crippen LogP contribution in [0.4, 0.5) is 0 Å². The van der Waals surface area contributed by atoms with Crippen molar-refractivity contribution in [3.8, 4) is 23.6 Å². The standard InChI is InChI=1S/C57H51BrN2O2P/c1-44(50(42-59)43-60)45-26-28-47(29-27-45)56(46-18-6-2-7-19-46)57(48-30-34-51(35-31-48)61-39-15-14-38-58)49-32-36-52(37-33-49)62-40-16-17-41-63(53-20-8-3-9-21-53,54-22-10-4-11-23-54)55-24-12-5-13-25-55/h2-13,18-37H,14-17,38-41H2,1H3/q+1/b57-56+. The van der Waals surface area contributed by atoms with Gasteiger partial charge in [0.2, 0.25) is 0 Å². The molecule has 0 amide bonds. The molecule has 0 fully saturated rings. The molecule has 312 valence electrons. The van der Waals surface area contributed by atoms with Crippen LogP contribution in [-0.4, -0.2) is 24.7 Å². The van der Waals surface area contributed by atoms with E-state index in [1.54, 1.807) is 0 Å². The van der Waals surface area contributed by atoms with Gasteiger partial charge in [0.25, 0.3) is 0 Å². The first kappa shape index (κ1) is 44.6. The van der Waals surface area contributed by atoms with Gasteiger partial charge < -0.3 is 9.47 Å². The molecule has 0 N–H and O–H groups in total. The number of hydrogen-bond donors (Lipinski definition) is 0. The van der Waals surface area contributed by atoms with E-state index in [0.717, 1.165) is 87.6 Å². The summed E-state index contributed by atoms with van der Waals surface area (Å²) in [4.78, 5) is 0. The van der Waals surface area contributed by atoms with Crippen molar-refractivity contribution in [2.45, 2.75) is 32.6 Å². The summed E-state index contributed by atoms with van der Waals surface area (Å²) in [7, 11) is -1.90. The number of rotatable bonds is 19. The summed E-state index contributed by atoms with van der Waals surface area (Å²) in [5.74, 6) is 1.67. The third kappa shape index (κ3) is 10.9. The minimum Gasteiger partial charge on any atom is -0.494 e. The summed E-state index contributed by atoms with van der Waals surface area (Å²) in [6, 6.07) is 72.7. The Kier molecular flexibility index (Phi) is 16.0. The van der Waals surface area contributed by atoms with Gasteiger partial charge in [0.15, 0.2) is 0 Å². The monoisotopic (exact) mass is 905 g/mol. The Morgan fingerprint density at radius 2 is 0.794 bits per heavy atom. The van der Waals surface area contributed by atoms with Gasteiger partial charge in [-0.3, -0.25) is 0 Å². The average Bonchev–Trinajstić information content (AvgIpc) is 3.35. The fraction of sp³-hybridized carbons (Fsp3) is 0.158. The van der Waals surface area contributed by atoms with Crippen molar-refractivity contribution in [1.29, 1.82) is 10.5 Å². The Morgan fingerprint density at radius 1 is 0.444 bits per heavy atom. The SMILES string of the molecule is CC(=C(C#N)C#N)c1ccc(/C(=C(\c2ccc(OCCCCBr)cc2)c2ccc(OCCCC[P+](c3ccccc3)(c3ccccc3)c3ccccc3)cc2)c2ccccc2)cc1. The lowest BCUT2D eigenvalue weighted by atomic mass is 9.85. The number of unbranched alkanes of at least 4 members (excludes halogenated alkanes) is 2. The second-order valence-electron chi connectivity index (χ2n) is 15.3.